The van der Waals surface area contributed by atoms with Crippen LogP contribution in [-0.2, 0) is 0 Å². The molecule has 0 bridgehead atoms. The second-order valence-electron chi connectivity index (χ2n) is 7.77. The number of carbonyl (C=O) groups excluding carboxylic acids is 2. The SMILES string of the molecule is CCN(CC)CCNC(=O)c1cc(NC(=O)Nc2ccccc2F)ccc1N1CCCC1. The van der Waals surface area contributed by atoms with Gasteiger partial charge >= 0.3 is 6.03 Å². The number of amides is 3. The monoisotopic (exact) mass is 441 g/mol. The van der Waals surface area contributed by atoms with E-state index in [1.54, 1.807) is 24.3 Å². The molecule has 3 rings (SSSR count). The van der Waals surface area contributed by atoms with E-state index in [2.05, 4.69) is 39.6 Å². The molecule has 32 heavy (non-hydrogen) atoms. The first kappa shape index (κ1) is 23.5. The quantitative estimate of drug-likeness (QED) is 0.547. The normalized spacial score (nSPS) is 13.3. The van der Waals surface area contributed by atoms with Gasteiger partial charge in [0.05, 0.1) is 11.3 Å². The Balaban J connectivity index is 1.73. The van der Waals surface area contributed by atoms with Gasteiger partial charge < -0.3 is 25.8 Å². The Bertz CT molecular complexity index is 926. The predicted molar refractivity (Wildman–Crippen MR) is 127 cm³/mol. The molecule has 3 amide bonds. The van der Waals surface area contributed by atoms with Gasteiger partial charge in [-0.2, -0.15) is 0 Å². The minimum atomic E-state index is -0.572. The molecule has 0 saturated carbocycles. The molecule has 0 aliphatic carbocycles. The maximum absolute atomic E-state index is 13.8. The van der Waals surface area contributed by atoms with Crippen LogP contribution in [0.5, 0.6) is 0 Å². The van der Waals surface area contributed by atoms with Gasteiger partial charge in [-0.25, -0.2) is 9.18 Å². The van der Waals surface area contributed by atoms with E-state index in [1.165, 1.54) is 12.1 Å². The molecular weight excluding hydrogens is 409 g/mol. The smallest absolute Gasteiger partial charge is 0.323 e. The fourth-order valence-corrected chi connectivity index (χ4v) is 3.84. The highest BCUT2D eigenvalue weighted by molar-refractivity contribution is 6.04. The number of benzene rings is 2. The number of urea groups is 1. The highest BCUT2D eigenvalue weighted by Gasteiger charge is 2.20. The molecule has 0 atom stereocenters. The summed E-state index contributed by atoms with van der Waals surface area (Å²) in [6.07, 6.45) is 2.18. The van der Waals surface area contributed by atoms with E-state index in [4.69, 9.17) is 0 Å². The van der Waals surface area contributed by atoms with E-state index in [9.17, 15) is 14.0 Å². The number of hydrogen-bond acceptors (Lipinski definition) is 4. The Morgan fingerprint density at radius 3 is 2.44 bits per heavy atom. The molecule has 7 nitrogen and oxygen atoms in total. The van der Waals surface area contributed by atoms with Crippen LogP contribution in [0.2, 0.25) is 0 Å². The second kappa shape index (κ2) is 11.5. The molecule has 0 radical (unpaired) electrons. The lowest BCUT2D eigenvalue weighted by atomic mass is 10.1. The average molecular weight is 442 g/mol. The number of rotatable bonds is 9. The van der Waals surface area contributed by atoms with Crippen molar-refractivity contribution in [2.45, 2.75) is 26.7 Å². The van der Waals surface area contributed by atoms with Crippen LogP contribution in [0.4, 0.5) is 26.2 Å². The van der Waals surface area contributed by atoms with Crippen molar-refractivity contribution in [3.05, 3.63) is 53.8 Å². The van der Waals surface area contributed by atoms with E-state index in [1.807, 2.05) is 6.07 Å². The summed E-state index contributed by atoms with van der Waals surface area (Å²) >= 11 is 0. The number of nitrogens with one attached hydrogen (secondary N) is 3. The second-order valence-corrected chi connectivity index (χ2v) is 7.77. The topological polar surface area (TPSA) is 76.7 Å². The molecule has 0 spiro atoms. The number of halogens is 1. The third-order valence-electron chi connectivity index (χ3n) is 5.68. The van der Waals surface area contributed by atoms with Crippen molar-refractivity contribution in [1.82, 2.24) is 10.2 Å². The van der Waals surface area contributed by atoms with Gasteiger partial charge in [0.1, 0.15) is 5.82 Å². The number of hydrogen-bond donors (Lipinski definition) is 3. The third kappa shape index (κ3) is 6.20. The minimum Gasteiger partial charge on any atom is -0.371 e. The van der Waals surface area contributed by atoms with Crippen molar-refractivity contribution >= 4 is 29.0 Å². The number of likely N-dealkylation sites (N-methyl/N-ethyl adjacent to an activating group) is 1. The largest absolute Gasteiger partial charge is 0.371 e. The molecule has 2 aromatic rings. The summed E-state index contributed by atoms with van der Waals surface area (Å²) < 4.78 is 13.8. The molecule has 1 heterocycles. The Morgan fingerprint density at radius 1 is 1.03 bits per heavy atom. The van der Waals surface area contributed by atoms with E-state index >= 15 is 0 Å². The minimum absolute atomic E-state index is 0.0908. The van der Waals surface area contributed by atoms with Crippen LogP contribution in [0.3, 0.4) is 0 Å². The van der Waals surface area contributed by atoms with Crippen LogP contribution in [0.25, 0.3) is 0 Å². The van der Waals surface area contributed by atoms with Gasteiger partial charge in [-0.15, -0.1) is 0 Å². The molecule has 1 saturated heterocycles. The molecule has 8 heteroatoms. The van der Waals surface area contributed by atoms with Crippen LogP contribution in [-0.4, -0.2) is 56.1 Å². The summed E-state index contributed by atoms with van der Waals surface area (Å²) in [4.78, 5) is 29.8. The Kier molecular flexibility index (Phi) is 8.44. The Morgan fingerprint density at radius 2 is 1.75 bits per heavy atom. The number of carbonyl (C=O) groups is 2. The van der Waals surface area contributed by atoms with Crippen LogP contribution in [0.15, 0.2) is 42.5 Å². The first-order chi connectivity index (χ1) is 15.5. The van der Waals surface area contributed by atoms with Crippen LogP contribution in [0.1, 0.15) is 37.0 Å². The van der Waals surface area contributed by atoms with Crippen LogP contribution < -0.4 is 20.9 Å². The van der Waals surface area contributed by atoms with Gasteiger partial charge in [-0.05, 0) is 56.3 Å². The van der Waals surface area contributed by atoms with Crippen molar-refractivity contribution in [1.29, 1.82) is 0 Å². The summed E-state index contributed by atoms with van der Waals surface area (Å²) in [5.74, 6) is -0.683. The van der Waals surface area contributed by atoms with Crippen molar-refractivity contribution in [2.75, 3.05) is 54.8 Å². The van der Waals surface area contributed by atoms with Gasteiger partial charge in [0, 0.05) is 37.6 Å². The Hall–Kier alpha value is -3.13. The van der Waals surface area contributed by atoms with E-state index < -0.39 is 11.8 Å². The lowest BCUT2D eigenvalue weighted by Crippen LogP contribution is -2.35. The lowest BCUT2D eigenvalue weighted by Gasteiger charge is -2.23. The summed E-state index contributed by atoms with van der Waals surface area (Å²) in [7, 11) is 0. The molecule has 172 valence electrons. The van der Waals surface area contributed by atoms with E-state index in [0.29, 0.717) is 17.8 Å². The van der Waals surface area contributed by atoms with Gasteiger partial charge in [0.2, 0.25) is 0 Å². The van der Waals surface area contributed by atoms with E-state index in [0.717, 1.165) is 51.3 Å². The van der Waals surface area contributed by atoms with Gasteiger partial charge in [-0.1, -0.05) is 26.0 Å². The van der Waals surface area contributed by atoms with Crippen molar-refractivity contribution in [2.24, 2.45) is 0 Å². The highest BCUT2D eigenvalue weighted by Crippen LogP contribution is 2.28. The van der Waals surface area contributed by atoms with Crippen LogP contribution >= 0.6 is 0 Å². The zero-order valence-electron chi connectivity index (χ0n) is 18.8. The number of para-hydroxylation sites is 1. The zero-order valence-corrected chi connectivity index (χ0v) is 18.8. The van der Waals surface area contributed by atoms with Crippen molar-refractivity contribution < 1.29 is 14.0 Å². The fourth-order valence-electron chi connectivity index (χ4n) is 3.84. The van der Waals surface area contributed by atoms with Crippen molar-refractivity contribution in [3.8, 4) is 0 Å². The molecule has 1 fully saturated rings. The summed E-state index contributed by atoms with van der Waals surface area (Å²) in [6, 6.07) is 10.7. The van der Waals surface area contributed by atoms with Gasteiger partial charge in [-0.3, -0.25) is 4.79 Å². The summed E-state index contributed by atoms with van der Waals surface area (Å²) in [5, 5.41) is 8.20. The number of nitrogens with zero attached hydrogens (tertiary/aromatic N) is 2. The summed E-state index contributed by atoms with van der Waals surface area (Å²) in [5.41, 5.74) is 1.95. The van der Waals surface area contributed by atoms with Crippen LogP contribution in [0, 0.1) is 5.82 Å². The van der Waals surface area contributed by atoms with Gasteiger partial charge in [0.25, 0.3) is 5.91 Å². The zero-order chi connectivity index (χ0) is 22.9. The highest BCUT2D eigenvalue weighted by atomic mass is 19.1. The van der Waals surface area contributed by atoms with Gasteiger partial charge in [0.15, 0.2) is 0 Å². The summed E-state index contributed by atoms with van der Waals surface area (Å²) in [6.45, 7) is 9.19. The van der Waals surface area contributed by atoms with Crippen molar-refractivity contribution in [3.63, 3.8) is 0 Å². The standard InChI is InChI=1S/C24H32FN5O2/c1-3-29(4-2)16-13-26-23(31)19-17-18(11-12-22(19)30-14-7-8-15-30)27-24(32)28-21-10-6-5-9-20(21)25/h5-6,9-12,17H,3-4,7-8,13-16H2,1-2H3,(H,26,31)(H2,27,28,32). The predicted octanol–water partition coefficient (Wildman–Crippen LogP) is 4.14. The Labute approximate surface area is 189 Å². The molecule has 1 aliphatic heterocycles. The molecule has 2 aromatic carbocycles. The first-order valence-corrected chi connectivity index (χ1v) is 11.2. The average Bonchev–Trinajstić information content (AvgIpc) is 3.33. The molecule has 0 aromatic heterocycles. The molecule has 1 aliphatic rings. The maximum atomic E-state index is 13.8. The molecule has 3 N–H and O–H groups in total. The fraction of sp³-hybridized carbons (Fsp3) is 0.417. The number of anilines is 3. The lowest BCUT2D eigenvalue weighted by molar-refractivity contribution is 0.0949. The first-order valence-electron chi connectivity index (χ1n) is 11.2. The maximum Gasteiger partial charge on any atom is 0.323 e. The third-order valence-corrected chi connectivity index (χ3v) is 5.68. The molecule has 0 unspecified atom stereocenters. The molecular formula is C24H32FN5O2. The van der Waals surface area contributed by atoms with E-state index in [-0.39, 0.29) is 11.6 Å².